The molecule has 1 aliphatic carbocycles. The summed E-state index contributed by atoms with van der Waals surface area (Å²) in [5.41, 5.74) is -0.190. The molecule has 1 aromatic rings. The SMILES string of the molecule is CCC1CCC(O)(CNC(=O)c2ccoc2C)CC1. The molecule has 0 saturated heterocycles. The van der Waals surface area contributed by atoms with Crippen LogP contribution in [-0.2, 0) is 0 Å². The lowest BCUT2D eigenvalue weighted by molar-refractivity contribution is -0.00788. The van der Waals surface area contributed by atoms with E-state index in [9.17, 15) is 9.90 Å². The Kier molecular flexibility index (Phi) is 4.30. The first kappa shape index (κ1) is 14.1. The van der Waals surface area contributed by atoms with Crippen LogP contribution in [-0.4, -0.2) is 23.2 Å². The first-order chi connectivity index (χ1) is 9.04. The lowest BCUT2D eigenvalue weighted by Gasteiger charge is -2.35. The lowest BCUT2D eigenvalue weighted by atomic mass is 9.78. The summed E-state index contributed by atoms with van der Waals surface area (Å²) in [4.78, 5) is 11.9. The molecule has 0 aromatic carbocycles. The summed E-state index contributed by atoms with van der Waals surface area (Å²) in [5, 5.41) is 13.3. The number of rotatable bonds is 4. The van der Waals surface area contributed by atoms with E-state index in [1.54, 1.807) is 13.0 Å². The van der Waals surface area contributed by atoms with Crippen LogP contribution in [0.4, 0.5) is 0 Å². The number of carbonyl (C=O) groups is 1. The molecule has 0 bridgehead atoms. The number of hydrogen-bond donors (Lipinski definition) is 2. The highest BCUT2D eigenvalue weighted by Crippen LogP contribution is 2.33. The average molecular weight is 265 g/mol. The van der Waals surface area contributed by atoms with Crippen molar-refractivity contribution < 1.29 is 14.3 Å². The third-order valence-corrected chi connectivity index (χ3v) is 4.29. The van der Waals surface area contributed by atoms with Gasteiger partial charge in [0.1, 0.15) is 5.76 Å². The molecule has 1 heterocycles. The number of aryl methyl sites for hydroxylation is 1. The Hall–Kier alpha value is -1.29. The lowest BCUT2D eigenvalue weighted by Crippen LogP contribution is -2.45. The Bertz CT molecular complexity index is 430. The van der Waals surface area contributed by atoms with Gasteiger partial charge in [0.25, 0.3) is 5.91 Å². The minimum Gasteiger partial charge on any atom is -0.469 e. The molecule has 1 saturated carbocycles. The Morgan fingerprint density at radius 1 is 1.53 bits per heavy atom. The Morgan fingerprint density at radius 3 is 2.74 bits per heavy atom. The van der Waals surface area contributed by atoms with Crippen LogP contribution >= 0.6 is 0 Å². The summed E-state index contributed by atoms with van der Waals surface area (Å²) < 4.78 is 5.11. The monoisotopic (exact) mass is 265 g/mol. The van der Waals surface area contributed by atoms with Crippen molar-refractivity contribution >= 4 is 5.91 Å². The minimum atomic E-state index is -0.737. The molecule has 4 heteroatoms. The topological polar surface area (TPSA) is 62.5 Å². The highest BCUT2D eigenvalue weighted by molar-refractivity contribution is 5.95. The summed E-state index contributed by atoms with van der Waals surface area (Å²) >= 11 is 0. The second-order valence-electron chi connectivity index (χ2n) is 5.65. The first-order valence-electron chi connectivity index (χ1n) is 7.09. The number of nitrogens with one attached hydrogen (secondary N) is 1. The molecule has 2 rings (SSSR count). The standard InChI is InChI=1S/C15H23NO3/c1-3-12-4-7-15(18,8-5-12)10-16-14(17)13-6-9-19-11(13)2/h6,9,12,18H,3-5,7-8,10H2,1-2H3,(H,16,17). The molecule has 0 aliphatic heterocycles. The van der Waals surface area contributed by atoms with Gasteiger partial charge < -0.3 is 14.8 Å². The fourth-order valence-electron chi connectivity index (χ4n) is 2.76. The van der Waals surface area contributed by atoms with Crippen molar-refractivity contribution in [2.24, 2.45) is 5.92 Å². The Morgan fingerprint density at radius 2 is 2.21 bits per heavy atom. The van der Waals surface area contributed by atoms with E-state index in [-0.39, 0.29) is 5.91 Å². The van der Waals surface area contributed by atoms with Crippen molar-refractivity contribution in [2.45, 2.75) is 51.6 Å². The van der Waals surface area contributed by atoms with E-state index in [1.807, 2.05) is 0 Å². The van der Waals surface area contributed by atoms with Crippen molar-refractivity contribution in [3.63, 3.8) is 0 Å². The average Bonchev–Trinajstić information content (AvgIpc) is 2.83. The number of aliphatic hydroxyl groups is 1. The van der Waals surface area contributed by atoms with Crippen LogP contribution in [0.1, 0.15) is 55.1 Å². The van der Waals surface area contributed by atoms with E-state index in [2.05, 4.69) is 12.2 Å². The van der Waals surface area contributed by atoms with Crippen LogP contribution in [0.3, 0.4) is 0 Å². The summed E-state index contributed by atoms with van der Waals surface area (Å²) in [6.07, 6.45) is 6.33. The van der Waals surface area contributed by atoms with E-state index >= 15 is 0 Å². The zero-order chi connectivity index (χ0) is 13.9. The van der Waals surface area contributed by atoms with Crippen LogP contribution in [0.25, 0.3) is 0 Å². The molecular formula is C15H23NO3. The van der Waals surface area contributed by atoms with Crippen molar-refractivity contribution in [3.05, 3.63) is 23.7 Å². The molecule has 19 heavy (non-hydrogen) atoms. The van der Waals surface area contributed by atoms with Crippen LogP contribution in [0.2, 0.25) is 0 Å². The van der Waals surface area contributed by atoms with Crippen molar-refractivity contribution in [3.8, 4) is 0 Å². The van der Waals surface area contributed by atoms with Crippen LogP contribution in [0.15, 0.2) is 16.7 Å². The van der Waals surface area contributed by atoms with Gasteiger partial charge in [-0.2, -0.15) is 0 Å². The third kappa shape index (κ3) is 3.38. The highest BCUT2D eigenvalue weighted by Gasteiger charge is 2.33. The maximum atomic E-state index is 11.9. The molecule has 0 radical (unpaired) electrons. The predicted octanol–water partition coefficient (Wildman–Crippen LogP) is 2.65. The molecule has 106 valence electrons. The smallest absolute Gasteiger partial charge is 0.254 e. The summed E-state index contributed by atoms with van der Waals surface area (Å²) in [5.74, 6) is 1.17. The summed E-state index contributed by atoms with van der Waals surface area (Å²) in [7, 11) is 0. The van der Waals surface area contributed by atoms with Gasteiger partial charge in [0, 0.05) is 6.54 Å². The van der Waals surface area contributed by atoms with E-state index < -0.39 is 5.60 Å². The van der Waals surface area contributed by atoms with Gasteiger partial charge in [-0.15, -0.1) is 0 Å². The molecule has 2 N–H and O–H groups in total. The maximum Gasteiger partial charge on any atom is 0.254 e. The number of furan rings is 1. The minimum absolute atomic E-state index is 0.169. The van der Waals surface area contributed by atoms with Crippen molar-refractivity contribution in [2.75, 3.05) is 6.54 Å². The molecular weight excluding hydrogens is 242 g/mol. The van der Waals surface area contributed by atoms with Crippen LogP contribution in [0, 0.1) is 12.8 Å². The first-order valence-corrected chi connectivity index (χ1v) is 7.09. The molecule has 0 spiro atoms. The van der Waals surface area contributed by atoms with E-state index in [0.717, 1.165) is 31.6 Å². The van der Waals surface area contributed by atoms with E-state index in [1.165, 1.54) is 12.7 Å². The molecule has 1 amide bonds. The zero-order valence-corrected chi connectivity index (χ0v) is 11.7. The Balaban J connectivity index is 1.85. The summed E-state index contributed by atoms with van der Waals surface area (Å²) in [6, 6.07) is 1.66. The number of carbonyl (C=O) groups excluding carboxylic acids is 1. The molecule has 0 atom stereocenters. The van der Waals surface area contributed by atoms with Gasteiger partial charge in [-0.1, -0.05) is 13.3 Å². The van der Waals surface area contributed by atoms with Gasteiger partial charge in [0.05, 0.1) is 17.4 Å². The van der Waals surface area contributed by atoms with Crippen molar-refractivity contribution in [1.29, 1.82) is 0 Å². The second kappa shape index (κ2) is 5.78. The zero-order valence-electron chi connectivity index (χ0n) is 11.7. The van der Waals surface area contributed by atoms with Gasteiger partial charge in [0.2, 0.25) is 0 Å². The molecule has 1 aromatic heterocycles. The van der Waals surface area contributed by atoms with Gasteiger partial charge in [-0.3, -0.25) is 4.79 Å². The van der Waals surface area contributed by atoms with E-state index in [4.69, 9.17) is 4.42 Å². The largest absolute Gasteiger partial charge is 0.469 e. The maximum absolute atomic E-state index is 11.9. The highest BCUT2D eigenvalue weighted by atomic mass is 16.3. The normalized spacial score (nSPS) is 27.2. The number of hydrogen-bond acceptors (Lipinski definition) is 3. The van der Waals surface area contributed by atoms with E-state index in [0.29, 0.717) is 17.9 Å². The van der Waals surface area contributed by atoms with Gasteiger partial charge in [-0.05, 0) is 44.6 Å². The summed E-state index contributed by atoms with van der Waals surface area (Å²) in [6.45, 7) is 4.28. The quantitative estimate of drug-likeness (QED) is 0.879. The van der Waals surface area contributed by atoms with Crippen molar-refractivity contribution in [1.82, 2.24) is 5.32 Å². The molecule has 1 aliphatic rings. The number of amides is 1. The fourth-order valence-corrected chi connectivity index (χ4v) is 2.76. The second-order valence-corrected chi connectivity index (χ2v) is 5.65. The molecule has 1 fully saturated rings. The molecule has 4 nitrogen and oxygen atoms in total. The molecule has 0 unspecified atom stereocenters. The third-order valence-electron chi connectivity index (χ3n) is 4.29. The van der Waals surface area contributed by atoms with Crippen LogP contribution < -0.4 is 5.32 Å². The fraction of sp³-hybridized carbons (Fsp3) is 0.667. The van der Waals surface area contributed by atoms with Gasteiger partial charge in [-0.25, -0.2) is 0 Å². The van der Waals surface area contributed by atoms with Crippen LogP contribution in [0.5, 0.6) is 0 Å². The predicted molar refractivity (Wildman–Crippen MR) is 73.0 cm³/mol. The van der Waals surface area contributed by atoms with Gasteiger partial charge >= 0.3 is 0 Å². The van der Waals surface area contributed by atoms with Gasteiger partial charge in [0.15, 0.2) is 0 Å². The Labute approximate surface area is 114 Å².